The molecule has 0 aliphatic carbocycles. The Morgan fingerprint density at radius 3 is 2.21 bits per heavy atom. The molecule has 0 bridgehead atoms. The molecular formula is C16H14Cl3NO4. The Balaban J connectivity index is 2.02. The smallest absolute Gasteiger partial charge is 0.262 e. The molecule has 0 fully saturated rings. The Hall–Kier alpha value is -1.27. The molecule has 5 nitrogen and oxygen atoms in total. The summed E-state index contributed by atoms with van der Waals surface area (Å²) < 4.78 is 9.14. The van der Waals surface area contributed by atoms with Crippen molar-refractivity contribution in [1.82, 2.24) is 4.90 Å². The number of amides is 2. The predicted molar refractivity (Wildman–Crippen MR) is 90.2 cm³/mol. The first-order chi connectivity index (χ1) is 11.2. The molecule has 0 spiro atoms. The van der Waals surface area contributed by atoms with Crippen LogP contribution in [0.3, 0.4) is 0 Å². The molecule has 2 heterocycles. The van der Waals surface area contributed by atoms with E-state index in [-0.39, 0.29) is 24.0 Å². The lowest BCUT2D eigenvalue weighted by molar-refractivity contribution is -0.202. The number of benzene rings is 1. The predicted octanol–water partition coefficient (Wildman–Crippen LogP) is 3.69. The maximum absolute atomic E-state index is 12.7. The number of fused-ring (bicyclic) bond motifs is 1. The maximum Gasteiger partial charge on any atom is 0.262 e. The van der Waals surface area contributed by atoms with E-state index in [1.165, 1.54) is 13.2 Å². The van der Waals surface area contributed by atoms with Crippen molar-refractivity contribution in [2.75, 3.05) is 7.11 Å². The van der Waals surface area contributed by atoms with E-state index in [1.807, 2.05) is 0 Å². The molecule has 0 N–H and O–H groups in total. The van der Waals surface area contributed by atoms with Gasteiger partial charge in [-0.25, -0.2) is 0 Å². The summed E-state index contributed by atoms with van der Waals surface area (Å²) in [6.07, 6.45) is 1.70. The number of carbonyl (C=O) groups is 2. The first-order valence-electron chi connectivity index (χ1n) is 7.16. The van der Waals surface area contributed by atoms with Gasteiger partial charge in [0.15, 0.2) is 0 Å². The molecule has 8 heteroatoms. The molecule has 1 aromatic rings. The van der Waals surface area contributed by atoms with Gasteiger partial charge in [-0.15, -0.1) is 0 Å². The molecule has 1 aromatic carbocycles. The second-order valence-corrected chi connectivity index (χ2v) is 8.05. The molecule has 0 aromatic heterocycles. The SMILES string of the molecule is CO[C@@]1(C)C[C@H](N2C(=O)c3ccccc3C2=O)C=C(C(Cl)(Cl)Cl)O1. The van der Waals surface area contributed by atoms with Gasteiger partial charge in [-0.1, -0.05) is 46.9 Å². The minimum absolute atomic E-state index is 0.0182. The van der Waals surface area contributed by atoms with Gasteiger partial charge in [0.25, 0.3) is 11.8 Å². The number of allylic oxidation sites excluding steroid dienone is 1. The quantitative estimate of drug-likeness (QED) is 0.571. The molecule has 2 aliphatic heterocycles. The highest BCUT2D eigenvalue weighted by atomic mass is 35.6. The molecule has 2 amide bonds. The van der Waals surface area contributed by atoms with Gasteiger partial charge < -0.3 is 9.47 Å². The summed E-state index contributed by atoms with van der Waals surface area (Å²) in [6, 6.07) is 5.99. The van der Waals surface area contributed by atoms with Crippen LogP contribution >= 0.6 is 34.8 Å². The number of imide groups is 1. The van der Waals surface area contributed by atoms with Gasteiger partial charge >= 0.3 is 0 Å². The summed E-state index contributed by atoms with van der Waals surface area (Å²) >= 11 is 17.8. The van der Waals surface area contributed by atoms with E-state index < -0.39 is 15.6 Å². The summed E-state index contributed by atoms with van der Waals surface area (Å²) in [5.41, 5.74) is 0.717. The molecule has 0 unspecified atom stereocenters. The number of nitrogens with zero attached hydrogens (tertiary/aromatic N) is 1. The largest absolute Gasteiger partial charge is 0.463 e. The summed E-state index contributed by atoms with van der Waals surface area (Å²) in [5, 5.41) is 0. The average Bonchev–Trinajstić information content (AvgIpc) is 2.78. The molecule has 24 heavy (non-hydrogen) atoms. The summed E-state index contributed by atoms with van der Waals surface area (Å²) in [4.78, 5) is 26.5. The summed E-state index contributed by atoms with van der Waals surface area (Å²) in [5.74, 6) is -1.89. The zero-order valence-corrected chi connectivity index (χ0v) is 15.2. The van der Waals surface area contributed by atoms with Crippen LogP contribution in [0.4, 0.5) is 0 Å². The maximum atomic E-state index is 12.7. The van der Waals surface area contributed by atoms with E-state index in [0.717, 1.165) is 4.90 Å². The van der Waals surface area contributed by atoms with Crippen molar-refractivity contribution in [2.45, 2.75) is 29.0 Å². The molecule has 2 aliphatic rings. The van der Waals surface area contributed by atoms with Crippen molar-refractivity contribution >= 4 is 46.6 Å². The Morgan fingerprint density at radius 1 is 1.21 bits per heavy atom. The normalized spacial score (nSPS) is 27.0. The van der Waals surface area contributed by atoms with Crippen molar-refractivity contribution in [2.24, 2.45) is 0 Å². The monoisotopic (exact) mass is 389 g/mol. The van der Waals surface area contributed by atoms with E-state index in [2.05, 4.69) is 0 Å². The third kappa shape index (κ3) is 2.90. The fourth-order valence-corrected chi connectivity index (χ4v) is 3.18. The Labute approximate surface area is 154 Å². The number of halogens is 3. The van der Waals surface area contributed by atoms with Crippen LogP contribution in [0, 0.1) is 0 Å². The second kappa shape index (κ2) is 5.92. The highest BCUT2D eigenvalue weighted by molar-refractivity contribution is 6.69. The van der Waals surface area contributed by atoms with Crippen LogP contribution in [0.5, 0.6) is 0 Å². The number of ether oxygens (including phenoxy) is 2. The average molecular weight is 391 g/mol. The molecule has 0 saturated heterocycles. The minimum Gasteiger partial charge on any atom is -0.463 e. The van der Waals surface area contributed by atoms with Gasteiger partial charge in [0.05, 0.1) is 17.2 Å². The number of hydrogen-bond donors (Lipinski definition) is 0. The van der Waals surface area contributed by atoms with Gasteiger partial charge in [-0.05, 0) is 18.2 Å². The highest BCUT2D eigenvalue weighted by Gasteiger charge is 2.47. The fourth-order valence-electron chi connectivity index (χ4n) is 2.87. The lowest BCUT2D eigenvalue weighted by Gasteiger charge is -2.40. The number of alkyl halides is 3. The van der Waals surface area contributed by atoms with E-state index in [4.69, 9.17) is 44.3 Å². The van der Waals surface area contributed by atoms with E-state index in [0.29, 0.717) is 11.1 Å². The van der Waals surface area contributed by atoms with Crippen LogP contribution in [0.25, 0.3) is 0 Å². The Morgan fingerprint density at radius 2 is 1.75 bits per heavy atom. The van der Waals surface area contributed by atoms with Gasteiger partial charge in [-0.2, -0.15) is 0 Å². The van der Waals surface area contributed by atoms with Gasteiger partial charge in [-0.3, -0.25) is 14.5 Å². The number of methoxy groups -OCH3 is 1. The van der Waals surface area contributed by atoms with Crippen LogP contribution < -0.4 is 0 Å². The van der Waals surface area contributed by atoms with Crippen LogP contribution in [-0.4, -0.2) is 39.4 Å². The molecule has 128 valence electrons. The molecule has 0 saturated carbocycles. The molecule has 3 rings (SSSR count). The highest BCUT2D eigenvalue weighted by Crippen LogP contribution is 2.43. The minimum atomic E-state index is -1.84. The summed E-state index contributed by atoms with van der Waals surface area (Å²) in [7, 11) is 1.45. The lowest BCUT2D eigenvalue weighted by Crippen LogP contribution is -2.49. The third-order valence-electron chi connectivity index (χ3n) is 4.12. The fraction of sp³-hybridized carbons (Fsp3) is 0.375. The van der Waals surface area contributed by atoms with Crippen molar-refractivity contribution in [3.05, 3.63) is 47.2 Å². The van der Waals surface area contributed by atoms with Gasteiger partial charge in [0.1, 0.15) is 5.76 Å². The van der Waals surface area contributed by atoms with Crippen LogP contribution in [0.2, 0.25) is 0 Å². The first-order valence-corrected chi connectivity index (χ1v) is 8.30. The number of carbonyl (C=O) groups excluding carboxylic acids is 2. The van der Waals surface area contributed by atoms with Crippen LogP contribution in [0.15, 0.2) is 36.1 Å². The first kappa shape index (κ1) is 17.5. The summed E-state index contributed by atoms with van der Waals surface area (Å²) in [6.45, 7) is 1.65. The number of hydrogen-bond acceptors (Lipinski definition) is 4. The molecular weight excluding hydrogens is 377 g/mol. The zero-order chi connectivity index (χ0) is 17.7. The van der Waals surface area contributed by atoms with Crippen molar-refractivity contribution in [1.29, 1.82) is 0 Å². The topological polar surface area (TPSA) is 55.8 Å². The van der Waals surface area contributed by atoms with Gasteiger partial charge in [0, 0.05) is 20.5 Å². The zero-order valence-electron chi connectivity index (χ0n) is 12.9. The Kier molecular flexibility index (Phi) is 4.33. The van der Waals surface area contributed by atoms with Crippen LogP contribution in [-0.2, 0) is 9.47 Å². The number of rotatable bonds is 2. The van der Waals surface area contributed by atoms with Crippen LogP contribution in [0.1, 0.15) is 34.1 Å². The van der Waals surface area contributed by atoms with Crippen molar-refractivity contribution in [3.8, 4) is 0 Å². The van der Waals surface area contributed by atoms with E-state index in [1.54, 1.807) is 31.2 Å². The van der Waals surface area contributed by atoms with E-state index >= 15 is 0 Å². The van der Waals surface area contributed by atoms with Crippen molar-refractivity contribution in [3.63, 3.8) is 0 Å². The molecule has 2 atom stereocenters. The third-order valence-corrected chi connectivity index (χ3v) is 4.68. The standard InChI is InChI=1S/C16H14Cl3NO4/c1-15(23-2)8-9(7-12(24-15)16(17,18)19)20-13(21)10-5-3-4-6-11(10)14(20)22/h3-7,9H,8H2,1-2H3/t9-,15-/m1/s1. The Bertz CT molecular complexity index is 708. The van der Waals surface area contributed by atoms with Crippen molar-refractivity contribution < 1.29 is 19.1 Å². The lowest BCUT2D eigenvalue weighted by atomic mass is 10.0. The molecule has 0 radical (unpaired) electrons. The second-order valence-electron chi connectivity index (χ2n) is 5.77. The van der Waals surface area contributed by atoms with E-state index in [9.17, 15) is 9.59 Å². The van der Waals surface area contributed by atoms with Gasteiger partial charge in [0.2, 0.25) is 9.58 Å².